The van der Waals surface area contributed by atoms with Crippen LogP contribution in [0.25, 0.3) is 21.5 Å². The van der Waals surface area contributed by atoms with Crippen LogP contribution in [0, 0.1) is 33.5 Å². The van der Waals surface area contributed by atoms with Crippen molar-refractivity contribution in [1.82, 2.24) is 10.2 Å². The van der Waals surface area contributed by atoms with E-state index in [1.807, 2.05) is 87.2 Å². The number of benzene rings is 4. The first-order valence-corrected chi connectivity index (χ1v) is 26.4. The number of hydrogen-bond donors (Lipinski definition) is 1. The molecular formula is C60H84N2O8. The molecule has 2 aliphatic heterocycles. The maximum atomic E-state index is 13.2. The van der Waals surface area contributed by atoms with Gasteiger partial charge in [0.2, 0.25) is 0 Å². The van der Waals surface area contributed by atoms with Gasteiger partial charge in [0.05, 0.1) is 36.3 Å². The van der Waals surface area contributed by atoms with Crippen molar-refractivity contribution in [3.63, 3.8) is 0 Å². The van der Waals surface area contributed by atoms with Crippen molar-refractivity contribution >= 4 is 45.7 Å². The van der Waals surface area contributed by atoms with E-state index < -0.39 is 5.41 Å². The predicted molar refractivity (Wildman–Crippen MR) is 282 cm³/mol. The summed E-state index contributed by atoms with van der Waals surface area (Å²) in [6, 6.07) is 24.0. The third kappa shape index (κ3) is 14.6. The van der Waals surface area contributed by atoms with E-state index in [9.17, 15) is 19.2 Å². The number of amides is 1. The van der Waals surface area contributed by atoms with Gasteiger partial charge in [-0.25, -0.2) is 0 Å². The van der Waals surface area contributed by atoms with Crippen LogP contribution in [0.1, 0.15) is 167 Å². The molecule has 4 aromatic carbocycles. The minimum Gasteiger partial charge on any atom is -0.490 e. The summed E-state index contributed by atoms with van der Waals surface area (Å²) in [5.74, 6) is 3.26. The maximum Gasteiger partial charge on any atom is 0.311 e. The first-order chi connectivity index (χ1) is 33.2. The number of carbonyl (C=O) groups is 4. The number of carbonyl (C=O) groups excluding carboxylic acids is 4. The van der Waals surface area contributed by atoms with Crippen LogP contribution < -0.4 is 14.8 Å². The molecule has 0 unspecified atom stereocenters. The number of rotatable bonds is 10. The van der Waals surface area contributed by atoms with Crippen LogP contribution in [0.4, 0.5) is 0 Å². The van der Waals surface area contributed by atoms with E-state index in [2.05, 4.69) is 65.1 Å². The van der Waals surface area contributed by atoms with Crippen LogP contribution >= 0.6 is 0 Å². The van der Waals surface area contributed by atoms with Crippen molar-refractivity contribution in [2.45, 2.75) is 158 Å². The van der Waals surface area contributed by atoms with Crippen molar-refractivity contribution in [3.8, 4) is 11.5 Å². The Kier molecular flexibility index (Phi) is 18.6. The highest BCUT2D eigenvalue weighted by molar-refractivity contribution is 5.99. The van der Waals surface area contributed by atoms with Crippen LogP contribution in [-0.2, 0) is 19.1 Å². The van der Waals surface area contributed by atoms with Gasteiger partial charge in [0, 0.05) is 24.2 Å². The summed E-state index contributed by atoms with van der Waals surface area (Å²) in [6.07, 6.45) is 14.0. The summed E-state index contributed by atoms with van der Waals surface area (Å²) >= 11 is 0. The molecule has 2 saturated carbocycles. The molecule has 382 valence electrons. The number of ether oxygens (including phenoxy) is 4. The van der Waals surface area contributed by atoms with Gasteiger partial charge in [-0.3, -0.25) is 19.2 Å². The Hall–Kier alpha value is -4.96. The summed E-state index contributed by atoms with van der Waals surface area (Å²) in [5, 5.41) is 7.55. The second-order valence-electron chi connectivity index (χ2n) is 23.1. The van der Waals surface area contributed by atoms with Gasteiger partial charge in [0.1, 0.15) is 17.8 Å². The number of nitrogens with one attached hydrogen (secondary N) is 1. The monoisotopic (exact) mass is 961 g/mol. The smallest absolute Gasteiger partial charge is 0.311 e. The summed E-state index contributed by atoms with van der Waals surface area (Å²) in [7, 11) is 0. The van der Waals surface area contributed by atoms with E-state index in [1.54, 1.807) is 0 Å². The Bertz CT molecular complexity index is 2370. The van der Waals surface area contributed by atoms with Gasteiger partial charge in [0.15, 0.2) is 0 Å². The average Bonchev–Trinajstić information content (AvgIpc) is 3.34. The number of esters is 2. The van der Waals surface area contributed by atoms with Crippen LogP contribution in [0.5, 0.6) is 11.5 Å². The van der Waals surface area contributed by atoms with Gasteiger partial charge in [-0.2, -0.15) is 0 Å². The molecule has 0 spiro atoms. The highest BCUT2D eigenvalue weighted by Gasteiger charge is 2.40. The number of aldehydes is 1. The lowest BCUT2D eigenvalue weighted by atomic mass is 9.72. The van der Waals surface area contributed by atoms with E-state index >= 15 is 0 Å². The molecule has 0 bridgehead atoms. The van der Waals surface area contributed by atoms with E-state index in [0.29, 0.717) is 67.2 Å². The minimum atomic E-state index is -0.501. The predicted octanol–water partition coefficient (Wildman–Crippen LogP) is 13.2. The lowest BCUT2D eigenvalue weighted by Crippen LogP contribution is -2.45. The highest BCUT2D eigenvalue weighted by Crippen LogP contribution is 2.41. The Balaban J connectivity index is 0.000000195. The maximum absolute atomic E-state index is 13.2. The average molecular weight is 961 g/mol. The molecule has 4 aromatic rings. The fourth-order valence-corrected chi connectivity index (χ4v) is 10.7. The largest absolute Gasteiger partial charge is 0.490 e. The molecule has 0 radical (unpaired) electrons. The molecular weight excluding hydrogens is 877 g/mol. The van der Waals surface area contributed by atoms with Gasteiger partial charge < -0.3 is 29.2 Å². The van der Waals surface area contributed by atoms with E-state index in [4.69, 9.17) is 18.9 Å². The number of piperidine rings is 2. The van der Waals surface area contributed by atoms with Crippen LogP contribution in [-0.4, -0.2) is 80.6 Å². The summed E-state index contributed by atoms with van der Waals surface area (Å²) in [5.41, 5.74) is 1.44. The Morgan fingerprint density at radius 1 is 0.586 bits per heavy atom. The Morgan fingerprint density at radius 3 is 1.44 bits per heavy atom. The first kappa shape index (κ1) is 54.4. The van der Waals surface area contributed by atoms with E-state index in [-0.39, 0.29) is 29.4 Å². The second-order valence-corrected chi connectivity index (χ2v) is 23.1. The van der Waals surface area contributed by atoms with E-state index in [1.165, 1.54) is 25.7 Å². The number of nitrogens with zero attached hydrogens (tertiary/aromatic N) is 1. The van der Waals surface area contributed by atoms with Crippen molar-refractivity contribution < 1.29 is 38.1 Å². The summed E-state index contributed by atoms with van der Waals surface area (Å²) in [6.45, 7) is 25.5. The van der Waals surface area contributed by atoms with Gasteiger partial charge in [-0.1, -0.05) is 71.9 Å². The molecule has 8 rings (SSSR count). The molecule has 2 saturated heterocycles. The molecule has 10 heteroatoms. The lowest BCUT2D eigenvalue weighted by molar-refractivity contribution is -0.157. The third-order valence-corrected chi connectivity index (χ3v) is 15.8. The van der Waals surface area contributed by atoms with Crippen LogP contribution in [0.15, 0.2) is 72.8 Å². The molecule has 0 aromatic heterocycles. The zero-order valence-corrected chi connectivity index (χ0v) is 44.3. The third-order valence-electron chi connectivity index (χ3n) is 15.8. The Labute approximate surface area is 419 Å². The standard InChI is InChI=1S/C30H41NO4.C21H26O2.C9H17NO2/c1-6-34-28(33)30(5)15-17-31(18-16-30)27(32)23-8-7-22-20-26(12-9-21(22)19-23)35-25-13-10-24(11-14-25)29(2,3)4;1-21(2,3)18-7-10-19(11-8-18)23-20-9-6-16-12-15(14-22)4-5-17(16)13-20;1-3-12-8(11)9(2)4-6-10-7-5-9/h7-9,12,19-20,24-25H,6,10-11,13-18H2,1-5H3;4-6,9,12-14,18-19H,7-8,10-11H2,1-3H3;10H,3-7H2,1-2H3. The number of hydrogen-bond acceptors (Lipinski definition) is 9. The van der Waals surface area contributed by atoms with E-state index in [0.717, 1.165) is 103 Å². The number of likely N-dealkylation sites (tertiary alicyclic amines) is 1. The lowest BCUT2D eigenvalue weighted by Gasteiger charge is -2.37. The first-order valence-electron chi connectivity index (χ1n) is 26.4. The van der Waals surface area contributed by atoms with Gasteiger partial charge >= 0.3 is 11.9 Å². The van der Waals surface area contributed by atoms with Crippen LogP contribution in [0.2, 0.25) is 0 Å². The minimum absolute atomic E-state index is 0.0220. The molecule has 0 atom stereocenters. The van der Waals surface area contributed by atoms with Gasteiger partial charge in [-0.15, -0.1) is 0 Å². The molecule has 4 aliphatic rings. The summed E-state index contributed by atoms with van der Waals surface area (Å²) < 4.78 is 22.8. The van der Waals surface area contributed by atoms with Gasteiger partial charge in [-0.05, 0) is 205 Å². The Morgan fingerprint density at radius 2 is 1.00 bits per heavy atom. The quantitative estimate of drug-likeness (QED) is 0.122. The highest BCUT2D eigenvalue weighted by atomic mass is 16.5. The van der Waals surface area contributed by atoms with Crippen molar-refractivity contribution in [2.24, 2.45) is 33.5 Å². The molecule has 4 fully saturated rings. The van der Waals surface area contributed by atoms with Crippen molar-refractivity contribution in [3.05, 3.63) is 83.9 Å². The van der Waals surface area contributed by atoms with Gasteiger partial charge in [0.25, 0.3) is 5.91 Å². The summed E-state index contributed by atoms with van der Waals surface area (Å²) in [4.78, 5) is 49.6. The normalized spacial score (nSPS) is 22.3. The molecule has 2 aliphatic carbocycles. The second kappa shape index (κ2) is 24.0. The van der Waals surface area contributed by atoms with Crippen molar-refractivity contribution in [1.29, 1.82) is 0 Å². The van der Waals surface area contributed by atoms with Crippen molar-refractivity contribution in [2.75, 3.05) is 39.4 Å². The molecule has 1 N–H and O–H groups in total. The molecule has 70 heavy (non-hydrogen) atoms. The fourth-order valence-electron chi connectivity index (χ4n) is 10.7. The molecule has 10 nitrogen and oxygen atoms in total. The topological polar surface area (TPSA) is 120 Å². The number of fused-ring (bicyclic) bond motifs is 2. The zero-order valence-electron chi connectivity index (χ0n) is 44.3. The fraction of sp³-hybridized carbons (Fsp3) is 0.600. The molecule has 1 amide bonds. The molecule has 2 heterocycles. The van der Waals surface area contributed by atoms with Crippen LogP contribution in [0.3, 0.4) is 0 Å². The SMILES string of the molecule is CC(C)(C)C1CCC(Oc2ccc3cc(C=O)ccc3c2)CC1.CCOC(=O)C1(C)CCN(C(=O)c2ccc3cc(OC4CCC(C(C)(C)C)CC4)ccc3c2)CC1.CCOC(=O)C1(C)CCNCC1. The zero-order chi connectivity index (χ0) is 50.7.